The molecule has 0 unspecified atom stereocenters. The van der Waals surface area contributed by atoms with Crippen molar-refractivity contribution in [1.82, 2.24) is 10.2 Å². The van der Waals surface area contributed by atoms with Crippen LogP contribution in [0.4, 0.5) is 0 Å². The van der Waals surface area contributed by atoms with Gasteiger partial charge in [-0.2, -0.15) is 0 Å². The molecule has 94 valence electrons. The summed E-state index contributed by atoms with van der Waals surface area (Å²) >= 11 is 0. The van der Waals surface area contributed by atoms with Crippen LogP contribution in [0, 0.1) is 0 Å². The fourth-order valence-corrected chi connectivity index (χ4v) is 2.62. The van der Waals surface area contributed by atoms with Gasteiger partial charge in [0.1, 0.15) is 0 Å². The highest BCUT2D eigenvalue weighted by atomic mass is 15.1. The molecule has 1 aromatic rings. The highest BCUT2D eigenvalue weighted by molar-refractivity contribution is 5.19. The van der Waals surface area contributed by atoms with Gasteiger partial charge < -0.3 is 10.2 Å². The van der Waals surface area contributed by atoms with Gasteiger partial charge in [0, 0.05) is 12.6 Å². The summed E-state index contributed by atoms with van der Waals surface area (Å²) in [5.74, 6) is 0. The Morgan fingerprint density at radius 1 is 1.12 bits per heavy atom. The van der Waals surface area contributed by atoms with Crippen molar-refractivity contribution in [3.63, 3.8) is 0 Å². The van der Waals surface area contributed by atoms with Crippen LogP contribution in [0.25, 0.3) is 0 Å². The van der Waals surface area contributed by atoms with Crippen molar-refractivity contribution in [2.24, 2.45) is 0 Å². The minimum atomic E-state index is 0.485. The van der Waals surface area contributed by atoms with Crippen LogP contribution in [0.15, 0.2) is 30.3 Å². The summed E-state index contributed by atoms with van der Waals surface area (Å²) in [4.78, 5) is 2.60. The van der Waals surface area contributed by atoms with Gasteiger partial charge >= 0.3 is 0 Å². The van der Waals surface area contributed by atoms with E-state index in [9.17, 15) is 0 Å². The van der Waals surface area contributed by atoms with Gasteiger partial charge in [-0.25, -0.2) is 0 Å². The highest BCUT2D eigenvalue weighted by Gasteiger charge is 2.16. The van der Waals surface area contributed by atoms with E-state index in [2.05, 4.69) is 47.5 Å². The molecule has 2 nitrogen and oxygen atoms in total. The van der Waals surface area contributed by atoms with Crippen molar-refractivity contribution in [3.8, 4) is 0 Å². The zero-order valence-corrected chi connectivity index (χ0v) is 10.9. The summed E-state index contributed by atoms with van der Waals surface area (Å²) in [7, 11) is 0. The monoisotopic (exact) mass is 232 g/mol. The van der Waals surface area contributed by atoms with Crippen molar-refractivity contribution in [2.45, 2.75) is 32.2 Å². The molecule has 1 N–H and O–H groups in total. The Kier molecular flexibility index (Phi) is 5.02. The van der Waals surface area contributed by atoms with Crippen molar-refractivity contribution < 1.29 is 0 Å². The first-order chi connectivity index (χ1) is 8.40. The Labute approximate surface area is 105 Å². The molecule has 1 heterocycles. The molecule has 1 aliphatic rings. The first-order valence-electron chi connectivity index (χ1n) is 6.91. The van der Waals surface area contributed by atoms with Crippen molar-refractivity contribution in [2.75, 3.05) is 26.2 Å². The molecule has 1 aromatic carbocycles. The van der Waals surface area contributed by atoms with E-state index in [-0.39, 0.29) is 0 Å². The van der Waals surface area contributed by atoms with Crippen LogP contribution in [-0.2, 0) is 0 Å². The van der Waals surface area contributed by atoms with Gasteiger partial charge in [-0.1, -0.05) is 43.7 Å². The molecular weight excluding hydrogens is 208 g/mol. The van der Waals surface area contributed by atoms with Gasteiger partial charge in [0.25, 0.3) is 0 Å². The van der Waals surface area contributed by atoms with E-state index in [1.165, 1.54) is 37.9 Å². The fourth-order valence-electron chi connectivity index (χ4n) is 2.62. The van der Waals surface area contributed by atoms with E-state index >= 15 is 0 Å². The molecule has 1 atom stereocenters. The van der Waals surface area contributed by atoms with E-state index in [0.29, 0.717) is 6.04 Å². The van der Waals surface area contributed by atoms with Crippen LogP contribution in [-0.4, -0.2) is 31.1 Å². The van der Waals surface area contributed by atoms with Crippen LogP contribution < -0.4 is 5.32 Å². The van der Waals surface area contributed by atoms with E-state index < -0.39 is 0 Å². The maximum atomic E-state index is 3.60. The number of nitrogens with zero attached hydrogens (tertiary/aromatic N) is 1. The first kappa shape index (κ1) is 12.6. The Hall–Kier alpha value is -0.860. The van der Waals surface area contributed by atoms with E-state index in [0.717, 1.165) is 13.1 Å². The molecule has 0 amide bonds. The summed E-state index contributed by atoms with van der Waals surface area (Å²) in [5, 5.41) is 3.60. The van der Waals surface area contributed by atoms with Gasteiger partial charge in [-0.15, -0.1) is 0 Å². The third-order valence-electron chi connectivity index (χ3n) is 3.54. The van der Waals surface area contributed by atoms with Gasteiger partial charge in [0.2, 0.25) is 0 Å². The standard InChI is InChI=1S/C15H24N2/c1-2-16-15(14-9-5-3-6-10-14)13-17-11-7-4-8-12-17/h3,5-6,9-10,15-16H,2,4,7-8,11-13H2,1H3/t15-/m1/s1. The first-order valence-corrected chi connectivity index (χ1v) is 6.91. The fraction of sp³-hybridized carbons (Fsp3) is 0.600. The van der Waals surface area contributed by atoms with Crippen molar-refractivity contribution in [3.05, 3.63) is 35.9 Å². The van der Waals surface area contributed by atoms with Crippen LogP contribution in [0.1, 0.15) is 37.8 Å². The van der Waals surface area contributed by atoms with E-state index in [1.54, 1.807) is 0 Å². The number of piperidine rings is 1. The van der Waals surface area contributed by atoms with Gasteiger partial charge in [0.05, 0.1) is 0 Å². The molecule has 1 aliphatic heterocycles. The highest BCUT2D eigenvalue weighted by Crippen LogP contribution is 2.17. The smallest absolute Gasteiger partial charge is 0.0449 e. The second kappa shape index (κ2) is 6.77. The molecule has 2 heteroatoms. The number of hydrogen-bond donors (Lipinski definition) is 1. The second-order valence-electron chi connectivity index (χ2n) is 4.88. The van der Waals surface area contributed by atoms with Crippen LogP contribution in [0.3, 0.4) is 0 Å². The molecular formula is C15H24N2. The molecule has 0 saturated carbocycles. The molecule has 0 radical (unpaired) electrons. The lowest BCUT2D eigenvalue weighted by atomic mass is 10.0. The minimum absolute atomic E-state index is 0.485. The van der Waals surface area contributed by atoms with Crippen LogP contribution >= 0.6 is 0 Å². The Bertz CT molecular complexity index is 304. The third-order valence-corrected chi connectivity index (χ3v) is 3.54. The summed E-state index contributed by atoms with van der Waals surface area (Å²) < 4.78 is 0. The van der Waals surface area contributed by atoms with Gasteiger partial charge in [-0.3, -0.25) is 0 Å². The average Bonchev–Trinajstić information content (AvgIpc) is 2.40. The second-order valence-corrected chi connectivity index (χ2v) is 4.88. The molecule has 0 aromatic heterocycles. The number of nitrogens with one attached hydrogen (secondary N) is 1. The maximum Gasteiger partial charge on any atom is 0.0449 e. The number of likely N-dealkylation sites (N-methyl/N-ethyl adjacent to an activating group) is 1. The molecule has 1 fully saturated rings. The predicted molar refractivity (Wildman–Crippen MR) is 73.2 cm³/mol. The molecule has 0 bridgehead atoms. The number of hydrogen-bond acceptors (Lipinski definition) is 2. The Morgan fingerprint density at radius 2 is 1.82 bits per heavy atom. The zero-order valence-electron chi connectivity index (χ0n) is 10.9. The molecule has 0 spiro atoms. The van der Waals surface area contributed by atoms with Crippen LogP contribution in [0.5, 0.6) is 0 Å². The zero-order chi connectivity index (χ0) is 11.9. The summed E-state index contributed by atoms with van der Waals surface area (Å²) in [5.41, 5.74) is 1.42. The summed E-state index contributed by atoms with van der Waals surface area (Å²) in [6.07, 6.45) is 4.15. The minimum Gasteiger partial charge on any atom is -0.309 e. The van der Waals surface area contributed by atoms with Crippen molar-refractivity contribution in [1.29, 1.82) is 0 Å². The lowest BCUT2D eigenvalue weighted by Crippen LogP contribution is -2.38. The predicted octanol–water partition coefficient (Wildman–Crippen LogP) is 2.82. The Balaban J connectivity index is 1.96. The molecule has 0 aliphatic carbocycles. The SMILES string of the molecule is CCN[C@H](CN1CCCCC1)c1ccccc1. The Morgan fingerprint density at radius 3 is 2.47 bits per heavy atom. The molecule has 2 rings (SSSR count). The largest absolute Gasteiger partial charge is 0.309 e. The number of rotatable bonds is 5. The average molecular weight is 232 g/mol. The van der Waals surface area contributed by atoms with Gasteiger partial charge in [0.15, 0.2) is 0 Å². The lowest BCUT2D eigenvalue weighted by molar-refractivity contribution is 0.206. The number of likely N-dealkylation sites (tertiary alicyclic amines) is 1. The maximum absolute atomic E-state index is 3.60. The van der Waals surface area contributed by atoms with E-state index in [1.807, 2.05) is 0 Å². The topological polar surface area (TPSA) is 15.3 Å². The normalized spacial score (nSPS) is 19.1. The summed E-state index contributed by atoms with van der Waals surface area (Å²) in [6, 6.07) is 11.3. The van der Waals surface area contributed by atoms with Gasteiger partial charge in [-0.05, 0) is 38.0 Å². The van der Waals surface area contributed by atoms with Crippen molar-refractivity contribution >= 4 is 0 Å². The summed E-state index contributed by atoms with van der Waals surface area (Å²) in [6.45, 7) is 6.92. The number of benzene rings is 1. The third kappa shape index (κ3) is 3.83. The quantitative estimate of drug-likeness (QED) is 0.840. The molecule has 1 saturated heterocycles. The van der Waals surface area contributed by atoms with Crippen LogP contribution in [0.2, 0.25) is 0 Å². The lowest BCUT2D eigenvalue weighted by Gasteiger charge is -2.31. The molecule has 17 heavy (non-hydrogen) atoms. The van der Waals surface area contributed by atoms with E-state index in [4.69, 9.17) is 0 Å².